The van der Waals surface area contributed by atoms with E-state index in [1.165, 1.54) is 18.2 Å². The second-order valence-corrected chi connectivity index (χ2v) is 7.15. The first-order valence-corrected chi connectivity index (χ1v) is 9.39. The minimum Gasteiger partial charge on any atom is -0.320 e. The van der Waals surface area contributed by atoms with Crippen LogP contribution >= 0.6 is 23.2 Å². The predicted octanol–water partition coefficient (Wildman–Crippen LogP) is 6.09. The summed E-state index contributed by atoms with van der Waals surface area (Å²) in [6.07, 6.45) is 1.49. The zero-order valence-corrected chi connectivity index (χ0v) is 17.1. The number of halogens is 3. The minimum absolute atomic E-state index is 0.0967. The SMILES string of the molecule is Cc1cc(/C=C(/C#N)C(=O)Nc2cccc(Cl)c2Cl)c(C)n1-c1cccc(F)c1. The fourth-order valence-electron chi connectivity index (χ4n) is 3.04. The van der Waals surface area contributed by atoms with E-state index in [4.69, 9.17) is 23.2 Å². The average Bonchev–Trinajstić information content (AvgIpc) is 2.96. The van der Waals surface area contributed by atoms with Gasteiger partial charge in [0.1, 0.15) is 17.5 Å². The molecule has 7 heteroatoms. The maximum atomic E-state index is 13.6. The highest BCUT2D eigenvalue weighted by molar-refractivity contribution is 6.44. The number of benzene rings is 2. The van der Waals surface area contributed by atoms with Crippen molar-refractivity contribution in [2.45, 2.75) is 13.8 Å². The van der Waals surface area contributed by atoms with Crippen molar-refractivity contribution in [2.24, 2.45) is 0 Å². The van der Waals surface area contributed by atoms with Crippen LogP contribution in [0.4, 0.5) is 10.1 Å². The number of nitriles is 1. The van der Waals surface area contributed by atoms with E-state index in [0.29, 0.717) is 22.0 Å². The quantitative estimate of drug-likeness (QED) is 0.404. The summed E-state index contributed by atoms with van der Waals surface area (Å²) in [6.45, 7) is 3.71. The number of aromatic nitrogens is 1. The van der Waals surface area contributed by atoms with E-state index in [0.717, 1.165) is 11.4 Å². The van der Waals surface area contributed by atoms with Crippen molar-refractivity contribution >= 4 is 40.9 Å². The molecule has 0 atom stereocenters. The number of rotatable bonds is 4. The molecular weight excluding hydrogens is 412 g/mol. The van der Waals surface area contributed by atoms with Crippen LogP contribution in [0.25, 0.3) is 11.8 Å². The lowest BCUT2D eigenvalue weighted by atomic mass is 10.1. The van der Waals surface area contributed by atoms with Crippen LogP contribution in [0.3, 0.4) is 0 Å². The summed E-state index contributed by atoms with van der Waals surface area (Å²) in [6, 6.07) is 14.8. The van der Waals surface area contributed by atoms with Gasteiger partial charge in [0, 0.05) is 17.1 Å². The van der Waals surface area contributed by atoms with Gasteiger partial charge in [-0.15, -0.1) is 0 Å². The van der Waals surface area contributed by atoms with Gasteiger partial charge in [-0.3, -0.25) is 4.79 Å². The lowest BCUT2D eigenvalue weighted by Crippen LogP contribution is -2.13. The molecule has 1 aromatic heterocycles. The Labute approximate surface area is 177 Å². The smallest absolute Gasteiger partial charge is 0.266 e. The van der Waals surface area contributed by atoms with Crippen LogP contribution in [-0.4, -0.2) is 10.5 Å². The van der Waals surface area contributed by atoms with Crippen LogP contribution in [0.1, 0.15) is 17.0 Å². The highest BCUT2D eigenvalue weighted by Gasteiger charge is 2.15. The van der Waals surface area contributed by atoms with Crippen LogP contribution in [0.5, 0.6) is 0 Å². The summed E-state index contributed by atoms with van der Waals surface area (Å²) >= 11 is 12.1. The summed E-state index contributed by atoms with van der Waals surface area (Å²) in [4.78, 5) is 12.6. The van der Waals surface area contributed by atoms with Gasteiger partial charge in [0.05, 0.1) is 15.7 Å². The Morgan fingerprint density at radius 2 is 1.90 bits per heavy atom. The number of amides is 1. The van der Waals surface area contributed by atoms with Gasteiger partial charge in [0.15, 0.2) is 0 Å². The van der Waals surface area contributed by atoms with Gasteiger partial charge in [-0.2, -0.15) is 5.26 Å². The molecule has 29 heavy (non-hydrogen) atoms. The standard InChI is InChI=1S/C22H16Cl2FN3O/c1-13-9-15(14(2)28(13)18-6-3-5-17(25)11-18)10-16(12-26)22(29)27-20-8-4-7-19(23)21(20)24/h3-11H,1-2H3,(H,27,29)/b16-10-. The summed E-state index contributed by atoms with van der Waals surface area (Å²) < 4.78 is 15.5. The minimum atomic E-state index is -0.604. The maximum Gasteiger partial charge on any atom is 0.266 e. The molecule has 0 spiro atoms. The van der Waals surface area contributed by atoms with E-state index in [1.54, 1.807) is 30.3 Å². The molecule has 0 aliphatic carbocycles. The highest BCUT2D eigenvalue weighted by Crippen LogP contribution is 2.30. The number of nitrogens with zero attached hydrogens (tertiary/aromatic N) is 2. The number of hydrogen-bond donors (Lipinski definition) is 1. The van der Waals surface area contributed by atoms with E-state index in [1.807, 2.05) is 30.6 Å². The number of aryl methyl sites for hydroxylation is 1. The third-order valence-electron chi connectivity index (χ3n) is 4.40. The molecule has 2 aromatic carbocycles. The zero-order valence-electron chi connectivity index (χ0n) is 15.6. The number of anilines is 1. The van der Waals surface area contributed by atoms with Crippen LogP contribution in [0, 0.1) is 31.0 Å². The molecule has 1 heterocycles. The van der Waals surface area contributed by atoms with Crippen LogP contribution in [0.2, 0.25) is 10.0 Å². The molecule has 0 bridgehead atoms. The molecule has 3 rings (SSSR count). The van der Waals surface area contributed by atoms with Gasteiger partial charge in [-0.1, -0.05) is 35.3 Å². The molecule has 0 aliphatic heterocycles. The Morgan fingerprint density at radius 1 is 1.17 bits per heavy atom. The number of nitrogens with one attached hydrogen (secondary N) is 1. The molecule has 0 saturated heterocycles. The molecule has 1 N–H and O–H groups in total. The normalized spacial score (nSPS) is 11.2. The molecule has 3 aromatic rings. The van der Waals surface area contributed by atoms with Crippen LogP contribution < -0.4 is 5.32 Å². The Morgan fingerprint density at radius 3 is 2.59 bits per heavy atom. The Hall–Kier alpha value is -3.07. The highest BCUT2D eigenvalue weighted by atomic mass is 35.5. The predicted molar refractivity (Wildman–Crippen MR) is 114 cm³/mol. The van der Waals surface area contributed by atoms with Gasteiger partial charge >= 0.3 is 0 Å². The van der Waals surface area contributed by atoms with Crippen molar-refractivity contribution in [1.82, 2.24) is 4.57 Å². The van der Waals surface area contributed by atoms with E-state index in [9.17, 15) is 14.4 Å². The lowest BCUT2D eigenvalue weighted by molar-refractivity contribution is -0.112. The average molecular weight is 428 g/mol. The Kier molecular flexibility index (Phi) is 6.07. The lowest BCUT2D eigenvalue weighted by Gasteiger charge is -2.10. The molecule has 0 fully saturated rings. The number of hydrogen-bond acceptors (Lipinski definition) is 2. The summed E-state index contributed by atoms with van der Waals surface area (Å²) in [5.41, 5.74) is 3.17. The third-order valence-corrected chi connectivity index (χ3v) is 5.22. The first-order valence-electron chi connectivity index (χ1n) is 8.64. The van der Waals surface area contributed by atoms with Gasteiger partial charge in [0.25, 0.3) is 5.91 Å². The number of carbonyl (C=O) groups excluding carboxylic acids is 1. The molecule has 0 saturated carbocycles. The second kappa shape index (κ2) is 8.52. The molecule has 4 nitrogen and oxygen atoms in total. The fourth-order valence-corrected chi connectivity index (χ4v) is 3.39. The fraction of sp³-hybridized carbons (Fsp3) is 0.0909. The monoisotopic (exact) mass is 427 g/mol. The van der Waals surface area contributed by atoms with Gasteiger partial charge < -0.3 is 9.88 Å². The van der Waals surface area contributed by atoms with Crippen molar-refractivity contribution in [3.8, 4) is 11.8 Å². The molecule has 0 radical (unpaired) electrons. The first-order chi connectivity index (χ1) is 13.8. The largest absolute Gasteiger partial charge is 0.320 e. The Bertz CT molecular complexity index is 1180. The van der Waals surface area contributed by atoms with Crippen molar-refractivity contribution < 1.29 is 9.18 Å². The second-order valence-electron chi connectivity index (χ2n) is 6.37. The molecular formula is C22H16Cl2FN3O. The van der Waals surface area contributed by atoms with Gasteiger partial charge in [-0.25, -0.2) is 4.39 Å². The maximum absolute atomic E-state index is 13.6. The van der Waals surface area contributed by atoms with Crippen molar-refractivity contribution in [3.05, 3.63) is 86.9 Å². The third kappa shape index (κ3) is 4.34. The molecule has 0 unspecified atom stereocenters. The summed E-state index contributed by atoms with van der Waals surface area (Å²) in [5.74, 6) is -0.949. The van der Waals surface area contributed by atoms with Gasteiger partial charge in [-0.05, 0) is 61.9 Å². The summed E-state index contributed by atoms with van der Waals surface area (Å²) in [7, 11) is 0. The zero-order chi connectivity index (χ0) is 21.1. The van der Waals surface area contributed by atoms with E-state index < -0.39 is 5.91 Å². The van der Waals surface area contributed by atoms with Crippen molar-refractivity contribution in [1.29, 1.82) is 5.26 Å². The Balaban J connectivity index is 1.96. The first kappa shape index (κ1) is 20.7. The van der Waals surface area contributed by atoms with Crippen LogP contribution in [0.15, 0.2) is 54.1 Å². The van der Waals surface area contributed by atoms with Crippen molar-refractivity contribution in [2.75, 3.05) is 5.32 Å². The van der Waals surface area contributed by atoms with E-state index >= 15 is 0 Å². The molecule has 0 aliphatic rings. The topological polar surface area (TPSA) is 57.8 Å². The summed E-state index contributed by atoms with van der Waals surface area (Å²) in [5, 5.41) is 12.6. The van der Waals surface area contributed by atoms with Crippen molar-refractivity contribution in [3.63, 3.8) is 0 Å². The number of carbonyl (C=O) groups is 1. The van der Waals surface area contributed by atoms with Crippen LogP contribution in [-0.2, 0) is 4.79 Å². The van der Waals surface area contributed by atoms with E-state index in [2.05, 4.69) is 5.32 Å². The molecule has 1 amide bonds. The van der Waals surface area contributed by atoms with E-state index in [-0.39, 0.29) is 16.4 Å². The van der Waals surface area contributed by atoms with Gasteiger partial charge in [0.2, 0.25) is 0 Å². The molecule has 146 valence electrons.